The van der Waals surface area contributed by atoms with Gasteiger partial charge in [-0.05, 0) is 42.7 Å². The number of hydrogen-bond acceptors (Lipinski definition) is 5. The lowest BCUT2D eigenvalue weighted by molar-refractivity contribution is -0.0352. The molecule has 1 amide bonds. The molecule has 2 aliphatic rings. The molecule has 0 aromatic heterocycles. The van der Waals surface area contributed by atoms with Gasteiger partial charge in [-0.15, -0.1) is 0 Å². The predicted molar refractivity (Wildman–Crippen MR) is 118 cm³/mol. The first-order valence-electron chi connectivity index (χ1n) is 10.1. The van der Waals surface area contributed by atoms with Crippen molar-refractivity contribution in [2.24, 2.45) is 0 Å². The van der Waals surface area contributed by atoms with Gasteiger partial charge in [-0.25, -0.2) is 0 Å². The maximum absolute atomic E-state index is 13.0. The molecule has 1 spiro atoms. The van der Waals surface area contributed by atoms with Gasteiger partial charge in [0.15, 0.2) is 0 Å². The number of amides is 1. The average Bonchev–Trinajstić information content (AvgIpc) is 3.15. The van der Waals surface area contributed by atoms with Crippen LogP contribution in [0.1, 0.15) is 28.8 Å². The van der Waals surface area contributed by atoms with Gasteiger partial charge < -0.3 is 19.1 Å². The molecule has 2 aromatic rings. The lowest BCUT2D eigenvalue weighted by Crippen LogP contribution is -2.48. The summed E-state index contributed by atoms with van der Waals surface area (Å²) in [5.41, 5.74) is 1.70. The van der Waals surface area contributed by atoms with E-state index in [1.807, 2.05) is 11.0 Å². The van der Waals surface area contributed by atoms with Crippen molar-refractivity contribution in [1.82, 2.24) is 9.80 Å². The highest BCUT2D eigenvalue weighted by Crippen LogP contribution is 2.34. The zero-order valence-corrected chi connectivity index (χ0v) is 19.0. The minimum atomic E-state index is -0.158. The van der Waals surface area contributed by atoms with E-state index in [1.54, 1.807) is 32.4 Å². The maximum Gasteiger partial charge on any atom is 0.254 e. The summed E-state index contributed by atoms with van der Waals surface area (Å²) in [4.78, 5) is 17.3. The molecule has 2 fully saturated rings. The first-order valence-corrected chi connectivity index (χ1v) is 10.9. The Hall–Kier alpha value is -2.09. The Balaban J connectivity index is 1.36. The third-order valence-electron chi connectivity index (χ3n) is 5.92. The van der Waals surface area contributed by atoms with Crippen LogP contribution in [0.25, 0.3) is 0 Å². The molecule has 0 saturated carbocycles. The van der Waals surface area contributed by atoms with Crippen molar-refractivity contribution in [2.75, 3.05) is 40.6 Å². The van der Waals surface area contributed by atoms with Gasteiger partial charge in [0.05, 0.1) is 19.8 Å². The zero-order chi connectivity index (χ0) is 21.1. The first kappa shape index (κ1) is 21.2. The van der Waals surface area contributed by atoms with Crippen LogP contribution < -0.4 is 9.47 Å². The highest BCUT2D eigenvalue weighted by molar-refractivity contribution is 9.10. The third kappa shape index (κ3) is 4.63. The van der Waals surface area contributed by atoms with Crippen molar-refractivity contribution in [3.8, 4) is 11.5 Å². The Labute approximate surface area is 185 Å². The molecule has 2 heterocycles. The Morgan fingerprint density at radius 2 is 1.80 bits per heavy atom. The maximum atomic E-state index is 13.0. The fourth-order valence-electron chi connectivity index (χ4n) is 4.26. The van der Waals surface area contributed by atoms with Gasteiger partial charge in [0.1, 0.15) is 18.2 Å². The Kier molecular flexibility index (Phi) is 6.32. The summed E-state index contributed by atoms with van der Waals surface area (Å²) in [6, 6.07) is 13.7. The van der Waals surface area contributed by atoms with Crippen LogP contribution in [-0.2, 0) is 11.3 Å². The number of nitrogens with zero attached hydrogens (tertiary/aromatic N) is 2. The molecule has 0 aliphatic carbocycles. The second-order valence-corrected chi connectivity index (χ2v) is 8.88. The molecule has 0 radical (unpaired) electrons. The lowest BCUT2D eigenvalue weighted by atomic mass is 9.91. The second kappa shape index (κ2) is 8.96. The first-order chi connectivity index (χ1) is 14.5. The van der Waals surface area contributed by atoms with E-state index in [9.17, 15) is 4.79 Å². The van der Waals surface area contributed by atoms with Crippen LogP contribution in [0.4, 0.5) is 0 Å². The van der Waals surface area contributed by atoms with E-state index in [1.165, 1.54) is 5.56 Å². The molecule has 2 aromatic carbocycles. The highest BCUT2D eigenvalue weighted by atomic mass is 79.9. The fourth-order valence-corrected chi connectivity index (χ4v) is 4.70. The Bertz CT molecular complexity index is 890. The molecule has 6 nitrogen and oxygen atoms in total. The summed E-state index contributed by atoms with van der Waals surface area (Å²) in [5, 5.41) is 0. The minimum Gasteiger partial charge on any atom is -0.497 e. The van der Waals surface area contributed by atoms with Crippen LogP contribution in [0.2, 0.25) is 0 Å². The second-order valence-electron chi connectivity index (χ2n) is 7.97. The Morgan fingerprint density at radius 1 is 1.10 bits per heavy atom. The minimum absolute atomic E-state index is 0.00559. The smallest absolute Gasteiger partial charge is 0.254 e. The molecule has 0 N–H and O–H groups in total. The van der Waals surface area contributed by atoms with E-state index in [0.29, 0.717) is 36.9 Å². The van der Waals surface area contributed by atoms with Gasteiger partial charge in [-0.2, -0.15) is 0 Å². The van der Waals surface area contributed by atoms with E-state index < -0.39 is 0 Å². The summed E-state index contributed by atoms with van der Waals surface area (Å²) in [7, 11) is 3.18. The zero-order valence-electron chi connectivity index (χ0n) is 17.4. The number of hydrogen-bond donors (Lipinski definition) is 0. The molecule has 0 atom stereocenters. The quantitative estimate of drug-likeness (QED) is 0.656. The molecule has 7 heteroatoms. The van der Waals surface area contributed by atoms with E-state index in [4.69, 9.17) is 14.2 Å². The number of carbonyl (C=O) groups excluding carboxylic acids is 1. The summed E-state index contributed by atoms with van der Waals surface area (Å²) in [6.45, 7) is 3.77. The Morgan fingerprint density at radius 3 is 2.43 bits per heavy atom. The molecular formula is C23H27BrN2O4. The number of piperidine rings is 1. The van der Waals surface area contributed by atoms with Crippen molar-refractivity contribution in [1.29, 1.82) is 0 Å². The molecular weight excluding hydrogens is 448 g/mol. The lowest BCUT2D eigenvalue weighted by Gasteiger charge is -2.38. The summed E-state index contributed by atoms with van der Waals surface area (Å²) >= 11 is 3.54. The van der Waals surface area contributed by atoms with E-state index in [-0.39, 0.29) is 11.5 Å². The van der Waals surface area contributed by atoms with Gasteiger partial charge >= 0.3 is 0 Å². The van der Waals surface area contributed by atoms with Crippen molar-refractivity contribution in [2.45, 2.75) is 25.0 Å². The van der Waals surface area contributed by atoms with Gasteiger partial charge in [-0.1, -0.05) is 28.1 Å². The fraction of sp³-hybridized carbons (Fsp3) is 0.435. The van der Waals surface area contributed by atoms with Crippen LogP contribution in [0, 0.1) is 0 Å². The average molecular weight is 475 g/mol. The van der Waals surface area contributed by atoms with E-state index in [2.05, 4.69) is 39.0 Å². The molecule has 160 valence electrons. The van der Waals surface area contributed by atoms with Crippen molar-refractivity contribution in [3.05, 3.63) is 58.1 Å². The van der Waals surface area contributed by atoms with Gasteiger partial charge in [-0.3, -0.25) is 9.69 Å². The summed E-state index contributed by atoms with van der Waals surface area (Å²) in [5.74, 6) is 1.24. The number of rotatable bonds is 5. The van der Waals surface area contributed by atoms with E-state index in [0.717, 1.165) is 30.4 Å². The normalized spacial score (nSPS) is 18.6. The third-order valence-corrected chi connectivity index (χ3v) is 6.41. The standard InChI is InChI=1S/C23H27BrN2O4/c1-28-20-11-18(12-21(13-20)29-2)22(27)26-8-6-23(7-9-26)15-25(16-30-23)14-17-4-3-5-19(24)10-17/h3-5,10-13H,6-9,14-16H2,1-2H3. The predicted octanol–water partition coefficient (Wildman–Crippen LogP) is 3.93. The van der Waals surface area contributed by atoms with Gasteiger partial charge in [0.25, 0.3) is 5.91 Å². The van der Waals surface area contributed by atoms with Crippen molar-refractivity contribution < 1.29 is 19.0 Å². The molecule has 0 bridgehead atoms. The number of likely N-dealkylation sites (tertiary alicyclic amines) is 1. The number of carbonyl (C=O) groups is 1. The van der Waals surface area contributed by atoms with Gasteiger partial charge in [0.2, 0.25) is 0 Å². The van der Waals surface area contributed by atoms with Crippen LogP contribution in [0.3, 0.4) is 0 Å². The number of ether oxygens (including phenoxy) is 3. The number of methoxy groups -OCH3 is 2. The summed E-state index contributed by atoms with van der Waals surface area (Å²) in [6.07, 6.45) is 1.68. The van der Waals surface area contributed by atoms with Crippen LogP contribution in [-0.4, -0.2) is 61.9 Å². The highest BCUT2D eigenvalue weighted by Gasteiger charge is 2.42. The van der Waals surface area contributed by atoms with Crippen molar-refractivity contribution in [3.63, 3.8) is 0 Å². The molecule has 0 unspecified atom stereocenters. The molecule has 2 aliphatic heterocycles. The largest absolute Gasteiger partial charge is 0.497 e. The van der Waals surface area contributed by atoms with Crippen LogP contribution in [0.5, 0.6) is 11.5 Å². The van der Waals surface area contributed by atoms with Crippen molar-refractivity contribution >= 4 is 21.8 Å². The summed E-state index contributed by atoms with van der Waals surface area (Å²) < 4.78 is 17.9. The molecule has 2 saturated heterocycles. The SMILES string of the molecule is COc1cc(OC)cc(C(=O)N2CCC3(CC2)CN(Cc2cccc(Br)c2)CO3)c1. The van der Waals surface area contributed by atoms with Crippen LogP contribution in [0.15, 0.2) is 46.9 Å². The monoisotopic (exact) mass is 474 g/mol. The molecule has 30 heavy (non-hydrogen) atoms. The topological polar surface area (TPSA) is 51.2 Å². The van der Waals surface area contributed by atoms with Crippen LogP contribution >= 0.6 is 15.9 Å². The molecule has 4 rings (SSSR count). The number of benzene rings is 2. The van der Waals surface area contributed by atoms with E-state index >= 15 is 0 Å². The van der Waals surface area contributed by atoms with Gasteiger partial charge in [0, 0.05) is 42.3 Å². The number of halogens is 1.